The van der Waals surface area contributed by atoms with Crippen LogP contribution in [0.25, 0.3) is 0 Å². The highest BCUT2D eigenvalue weighted by atomic mass is 32.2. The van der Waals surface area contributed by atoms with Crippen LogP contribution in [0.3, 0.4) is 0 Å². The highest BCUT2D eigenvalue weighted by molar-refractivity contribution is 7.97. The van der Waals surface area contributed by atoms with Crippen LogP contribution in [0.5, 0.6) is 5.75 Å². The monoisotopic (exact) mass is 444 g/mol. The molecule has 0 unspecified atom stereocenters. The van der Waals surface area contributed by atoms with Crippen LogP contribution in [0.2, 0.25) is 0 Å². The summed E-state index contributed by atoms with van der Waals surface area (Å²) in [5.74, 6) is 0.598. The number of hydrogen-bond acceptors (Lipinski definition) is 8. The van der Waals surface area contributed by atoms with Gasteiger partial charge in [-0.15, -0.1) is 0 Å². The van der Waals surface area contributed by atoms with Crippen molar-refractivity contribution >= 4 is 29.8 Å². The van der Waals surface area contributed by atoms with Gasteiger partial charge in [-0.25, -0.2) is 4.79 Å². The smallest absolute Gasteiger partial charge is 0.410 e. The summed E-state index contributed by atoms with van der Waals surface area (Å²) in [4.78, 5) is 27.1. The van der Waals surface area contributed by atoms with E-state index in [0.29, 0.717) is 48.7 Å². The molecule has 30 heavy (non-hydrogen) atoms. The van der Waals surface area contributed by atoms with Gasteiger partial charge in [0.2, 0.25) is 0 Å². The van der Waals surface area contributed by atoms with Crippen molar-refractivity contribution in [2.45, 2.75) is 33.0 Å². The number of aliphatic hydroxyl groups is 2. The van der Waals surface area contributed by atoms with E-state index in [0.717, 1.165) is 13.4 Å². The molecule has 1 aliphatic heterocycles. The lowest BCUT2D eigenvalue weighted by atomic mass is 10.0. The molecule has 1 aliphatic rings. The van der Waals surface area contributed by atoms with Gasteiger partial charge in [-0.1, -0.05) is 0 Å². The molecule has 0 aromatic heterocycles. The summed E-state index contributed by atoms with van der Waals surface area (Å²) in [5.41, 5.74) is 1.16. The van der Waals surface area contributed by atoms with Crippen LogP contribution >= 0.6 is 11.8 Å². The number of carbonyl (C=O) groups is 2. The molecule has 0 aliphatic carbocycles. The molecule has 2 rings (SSSR count). The Labute approximate surface area is 184 Å². The van der Waals surface area contributed by atoms with Crippen molar-refractivity contribution in [1.29, 1.82) is 0 Å². The molecule has 1 heterocycles. The standard InChI is InChI=1S/C18H26N2O5.C2H6S.CH4O/c1-18(2,3)25-17(23)20-9-7-19(8-10-20)16-14(12-22)13(11-21)5-6-15(16)24-4;1-3-2;1-2/h5-6,11,22H,7-10,12H2,1-4H3;1-2H3;2H,1H3. The zero-order chi connectivity index (χ0) is 23.3. The van der Waals surface area contributed by atoms with Crippen molar-refractivity contribution in [1.82, 2.24) is 4.90 Å². The van der Waals surface area contributed by atoms with Gasteiger partial charge in [-0.05, 0) is 45.4 Å². The Kier molecular flexibility index (Phi) is 13.2. The molecule has 2 N–H and O–H groups in total. The molecule has 0 bridgehead atoms. The number of carbonyl (C=O) groups excluding carboxylic acids is 2. The van der Waals surface area contributed by atoms with Crippen molar-refractivity contribution in [3.63, 3.8) is 0 Å². The van der Waals surface area contributed by atoms with E-state index in [1.807, 2.05) is 38.2 Å². The first-order chi connectivity index (χ1) is 14.2. The van der Waals surface area contributed by atoms with E-state index in [9.17, 15) is 14.7 Å². The van der Waals surface area contributed by atoms with Gasteiger partial charge in [0, 0.05) is 44.4 Å². The number of hydrogen-bond donors (Lipinski definition) is 2. The maximum absolute atomic E-state index is 12.2. The fourth-order valence-corrected chi connectivity index (χ4v) is 2.86. The minimum atomic E-state index is -0.528. The van der Waals surface area contributed by atoms with Crippen LogP contribution in [-0.2, 0) is 11.3 Å². The van der Waals surface area contributed by atoms with Crippen molar-refractivity contribution < 1.29 is 29.3 Å². The predicted molar refractivity (Wildman–Crippen MR) is 122 cm³/mol. The van der Waals surface area contributed by atoms with Crippen LogP contribution < -0.4 is 9.64 Å². The Hall–Kier alpha value is -1.97. The van der Waals surface area contributed by atoms with Crippen LogP contribution in [0, 0.1) is 0 Å². The quantitative estimate of drug-likeness (QED) is 0.684. The first-order valence-electron chi connectivity index (χ1n) is 9.56. The number of aldehydes is 1. The molecule has 0 saturated carbocycles. The number of amides is 1. The Balaban J connectivity index is 0.00000154. The SMILES string of the molecule is CO.COc1ccc(C=O)c(CO)c1N1CCN(C(=O)OC(C)(C)C)CC1.CSC. The van der Waals surface area contributed by atoms with Gasteiger partial charge >= 0.3 is 6.09 Å². The zero-order valence-electron chi connectivity index (χ0n) is 19.1. The summed E-state index contributed by atoms with van der Waals surface area (Å²) in [6, 6.07) is 3.36. The van der Waals surface area contributed by atoms with E-state index < -0.39 is 5.60 Å². The molecule has 0 atom stereocenters. The van der Waals surface area contributed by atoms with Gasteiger partial charge in [-0.2, -0.15) is 11.8 Å². The topological polar surface area (TPSA) is 99.5 Å². The van der Waals surface area contributed by atoms with Crippen LogP contribution in [0.4, 0.5) is 10.5 Å². The molecule has 1 saturated heterocycles. The summed E-state index contributed by atoms with van der Waals surface area (Å²) in [6.07, 6.45) is 4.48. The highest BCUT2D eigenvalue weighted by Gasteiger charge is 2.28. The molecular weight excluding hydrogens is 408 g/mol. The molecule has 8 nitrogen and oxygen atoms in total. The molecule has 172 valence electrons. The number of benzene rings is 1. The molecule has 1 fully saturated rings. The Bertz CT molecular complexity index is 656. The first-order valence-corrected chi connectivity index (χ1v) is 11.2. The second kappa shape index (κ2) is 14.1. The number of nitrogens with zero attached hydrogens (tertiary/aromatic N) is 2. The maximum Gasteiger partial charge on any atom is 0.410 e. The van der Waals surface area contributed by atoms with Crippen LogP contribution in [-0.4, -0.2) is 86.0 Å². The second-order valence-corrected chi connectivity index (χ2v) is 8.14. The highest BCUT2D eigenvalue weighted by Crippen LogP contribution is 2.35. The molecule has 1 amide bonds. The van der Waals surface area contributed by atoms with Crippen molar-refractivity contribution in [3.05, 3.63) is 23.3 Å². The summed E-state index contributed by atoms with van der Waals surface area (Å²) in [6.45, 7) is 7.37. The first kappa shape index (κ1) is 28.0. The molecule has 0 radical (unpaired) electrons. The van der Waals surface area contributed by atoms with E-state index >= 15 is 0 Å². The lowest BCUT2D eigenvalue weighted by Crippen LogP contribution is -2.50. The Morgan fingerprint density at radius 2 is 1.70 bits per heavy atom. The summed E-state index contributed by atoms with van der Waals surface area (Å²) in [7, 11) is 2.55. The normalized spacial score (nSPS) is 13.4. The average molecular weight is 445 g/mol. The van der Waals surface area contributed by atoms with Crippen LogP contribution in [0.1, 0.15) is 36.7 Å². The zero-order valence-corrected chi connectivity index (χ0v) is 19.9. The molecule has 0 spiro atoms. The minimum Gasteiger partial charge on any atom is -0.495 e. The van der Waals surface area contributed by atoms with Gasteiger partial charge in [0.05, 0.1) is 19.4 Å². The van der Waals surface area contributed by atoms with Gasteiger partial charge in [-0.3, -0.25) is 4.79 Å². The summed E-state index contributed by atoms with van der Waals surface area (Å²) in [5, 5.41) is 16.7. The minimum absolute atomic E-state index is 0.257. The van der Waals surface area contributed by atoms with Gasteiger partial charge < -0.3 is 29.5 Å². The molecule has 1 aromatic carbocycles. The lowest BCUT2D eigenvalue weighted by molar-refractivity contribution is 0.0240. The number of thioether (sulfide) groups is 1. The third kappa shape index (κ3) is 8.41. The lowest BCUT2D eigenvalue weighted by Gasteiger charge is -2.38. The third-order valence-corrected chi connectivity index (χ3v) is 4.03. The maximum atomic E-state index is 12.2. The van der Waals surface area contributed by atoms with E-state index in [1.54, 1.807) is 35.9 Å². The third-order valence-electron chi connectivity index (χ3n) is 4.03. The molecule has 1 aromatic rings. The number of piperazine rings is 1. The van der Waals surface area contributed by atoms with Gasteiger partial charge in [0.25, 0.3) is 0 Å². The number of anilines is 1. The van der Waals surface area contributed by atoms with Crippen molar-refractivity contribution in [2.24, 2.45) is 0 Å². The fourth-order valence-electron chi connectivity index (χ4n) is 2.86. The number of aliphatic hydroxyl groups excluding tert-OH is 2. The Morgan fingerprint density at radius 1 is 1.17 bits per heavy atom. The van der Waals surface area contributed by atoms with Crippen LogP contribution in [0.15, 0.2) is 12.1 Å². The Morgan fingerprint density at radius 3 is 2.10 bits per heavy atom. The van der Waals surface area contributed by atoms with E-state index in [2.05, 4.69) is 0 Å². The van der Waals surface area contributed by atoms with Crippen molar-refractivity contribution in [3.8, 4) is 5.75 Å². The van der Waals surface area contributed by atoms with Crippen molar-refractivity contribution in [2.75, 3.05) is 57.8 Å². The number of rotatable bonds is 4. The number of methoxy groups -OCH3 is 1. The van der Waals surface area contributed by atoms with Gasteiger partial charge in [0.15, 0.2) is 0 Å². The van der Waals surface area contributed by atoms with E-state index in [1.165, 1.54) is 0 Å². The van der Waals surface area contributed by atoms with Gasteiger partial charge in [0.1, 0.15) is 17.6 Å². The second-order valence-electron chi connectivity index (χ2n) is 7.32. The van der Waals surface area contributed by atoms with E-state index in [-0.39, 0.29) is 12.7 Å². The van der Waals surface area contributed by atoms with E-state index in [4.69, 9.17) is 14.6 Å². The average Bonchev–Trinajstić information content (AvgIpc) is 2.73. The summed E-state index contributed by atoms with van der Waals surface area (Å²) >= 11 is 1.75. The largest absolute Gasteiger partial charge is 0.495 e. The number of ether oxygens (including phenoxy) is 2. The summed E-state index contributed by atoms with van der Waals surface area (Å²) < 4.78 is 10.8. The molecule has 9 heteroatoms. The molecular formula is C21H36N2O6S. The fraction of sp³-hybridized carbons (Fsp3) is 0.619. The predicted octanol–water partition coefficient (Wildman–Crippen LogP) is 2.64.